The average molecular weight is 178 g/mol. The van der Waals surface area contributed by atoms with Gasteiger partial charge in [-0.3, -0.25) is 4.68 Å². The van der Waals surface area contributed by atoms with Gasteiger partial charge in [-0.15, -0.1) is 0 Å². The van der Waals surface area contributed by atoms with E-state index in [0.717, 1.165) is 0 Å². The maximum absolute atomic E-state index is 4.40. The van der Waals surface area contributed by atoms with E-state index in [4.69, 9.17) is 0 Å². The van der Waals surface area contributed by atoms with Crippen LogP contribution in [0.15, 0.2) is 18.5 Å². The van der Waals surface area contributed by atoms with E-state index in [0.29, 0.717) is 5.54 Å². The molecular weight excluding hydrogens is 160 g/mol. The molecule has 0 atom stereocenters. The lowest BCUT2D eigenvalue weighted by Crippen LogP contribution is -2.35. The van der Waals surface area contributed by atoms with Gasteiger partial charge in [-0.2, -0.15) is 5.10 Å². The van der Waals surface area contributed by atoms with Crippen LogP contribution in [0, 0.1) is 0 Å². The van der Waals surface area contributed by atoms with E-state index < -0.39 is 0 Å². The molecule has 0 unspecified atom stereocenters. The molecule has 1 fully saturated rings. The SMILES string of the molecule is CCC1(n2cccn2)CCCCC1. The molecule has 0 spiro atoms. The second-order valence-corrected chi connectivity index (χ2v) is 4.09. The molecule has 1 saturated carbocycles. The summed E-state index contributed by atoms with van der Waals surface area (Å²) in [7, 11) is 0. The molecule has 2 rings (SSSR count). The standard InChI is InChI=1S/C11H18N2/c1-2-11(7-4-3-5-8-11)13-10-6-9-12-13/h6,9-10H,2-5,7-8H2,1H3. The minimum atomic E-state index is 0.349. The van der Waals surface area contributed by atoms with E-state index in [9.17, 15) is 0 Å². The fourth-order valence-electron chi connectivity index (χ4n) is 2.50. The first kappa shape index (κ1) is 8.79. The molecule has 72 valence electrons. The Morgan fingerprint density at radius 2 is 2.08 bits per heavy atom. The van der Waals surface area contributed by atoms with Gasteiger partial charge in [-0.25, -0.2) is 0 Å². The summed E-state index contributed by atoms with van der Waals surface area (Å²) >= 11 is 0. The lowest BCUT2D eigenvalue weighted by Gasteiger charge is -2.36. The lowest BCUT2D eigenvalue weighted by molar-refractivity contribution is 0.166. The summed E-state index contributed by atoms with van der Waals surface area (Å²) < 4.78 is 2.19. The van der Waals surface area contributed by atoms with Gasteiger partial charge >= 0.3 is 0 Å². The molecule has 0 radical (unpaired) electrons. The smallest absolute Gasteiger partial charge is 0.0625 e. The van der Waals surface area contributed by atoms with Crippen molar-refractivity contribution in [2.75, 3.05) is 0 Å². The van der Waals surface area contributed by atoms with Crippen molar-refractivity contribution < 1.29 is 0 Å². The summed E-state index contributed by atoms with van der Waals surface area (Å²) in [4.78, 5) is 0. The van der Waals surface area contributed by atoms with Crippen LogP contribution in [0.3, 0.4) is 0 Å². The third-order valence-corrected chi connectivity index (χ3v) is 3.43. The fourth-order valence-corrected chi connectivity index (χ4v) is 2.50. The Bertz CT molecular complexity index is 245. The second-order valence-electron chi connectivity index (χ2n) is 4.09. The largest absolute Gasteiger partial charge is 0.267 e. The van der Waals surface area contributed by atoms with Gasteiger partial charge in [0.05, 0.1) is 5.54 Å². The van der Waals surface area contributed by atoms with Crippen molar-refractivity contribution in [3.05, 3.63) is 18.5 Å². The molecule has 2 nitrogen and oxygen atoms in total. The van der Waals surface area contributed by atoms with Crippen molar-refractivity contribution in [1.82, 2.24) is 9.78 Å². The van der Waals surface area contributed by atoms with Crippen LogP contribution in [-0.2, 0) is 5.54 Å². The molecule has 0 aromatic carbocycles. The summed E-state index contributed by atoms with van der Waals surface area (Å²) in [5.74, 6) is 0. The van der Waals surface area contributed by atoms with Crippen LogP contribution in [0.25, 0.3) is 0 Å². The third-order valence-electron chi connectivity index (χ3n) is 3.43. The molecule has 0 aliphatic heterocycles. The van der Waals surface area contributed by atoms with E-state index in [2.05, 4.69) is 22.9 Å². The van der Waals surface area contributed by atoms with Crippen LogP contribution in [0.2, 0.25) is 0 Å². The Hall–Kier alpha value is -0.790. The molecule has 1 aromatic rings. The topological polar surface area (TPSA) is 17.8 Å². The second kappa shape index (κ2) is 3.52. The predicted molar refractivity (Wildman–Crippen MR) is 53.6 cm³/mol. The Morgan fingerprint density at radius 1 is 1.31 bits per heavy atom. The van der Waals surface area contributed by atoms with Crippen LogP contribution in [0.5, 0.6) is 0 Å². The van der Waals surface area contributed by atoms with E-state index >= 15 is 0 Å². The van der Waals surface area contributed by atoms with E-state index in [1.807, 2.05) is 12.3 Å². The van der Waals surface area contributed by atoms with Crippen molar-refractivity contribution >= 4 is 0 Å². The van der Waals surface area contributed by atoms with Crippen LogP contribution in [0.1, 0.15) is 45.4 Å². The van der Waals surface area contributed by atoms with Crippen LogP contribution >= 0.6 is 0 Å². The van der Waals surface area contributed by atoms with Gasteiger partial charge in [0.1, 0.15) is 0 Å². The summed E-state index contributed by atoms with van der Waals surface area (Å²) in [6, 6.07) is 2.03. The molecule has 1 aromatic heterocycles. The fraction of sp³-hybridized carbons (Fsp3) is 0.727. The van der Waals surface area contributed by atoms with Crippen LogP contribution in [0.4, 0.5) is 0 Å². The summed E-state index contributed by atoms with van der Waals surface area (Å²) in [5, 5.41) is 4.40. The Labute approximate surface area is 80.0 Å². The maximum atomic E-state index is 4.40. The van der Waals surface area contributed by atoms with Gasteiger partial charge < -0.3 is 0 Å². The van der Waals surface area contributed by atoms with Crippen LogP contribution < -0.4 is 0 Å². The van der Waals surface area contributed by atoms with Crippen molar-refractivity contribution in [2.45, 2.75) is 51.0 Å². The van der Waals surface area contributed by atoms with Crippen molar-refractivity contribution in [3.8, 4) is 0 Å². The normalized spacial score (nSPS) is 21.6. The average Bonchev–Trinajstić information content (AvgIpc) is 2.72. The highest BCUT2D eigenvalue weighted by Gasteiger charge is 2.31. The zero-order valence-corrected chi connectivity index (χ0v) is 8.37. The molecule has 0 bridgehead atoms. The number of nitrogens with zero attached hydrogens (tertiary/aromatic N) is 2. The Balaban J connectivity index is 2.23. The number of hydrogen-bond acceptors (Lipinski definition) is 1. The molecular formula is C11H18N2. The molecule has 1 aliphatic carbocycles. The highest BCUT2D eigenvalue weighted by atomic mass is 15.3. The first-order valence-electron chi connectivity index (χ1n) is 5.37. The molecule has 0 amide bonds. The third kappa shape index (κ3) is 1.50. The van der Waals surface area contributed by atoms with E-state index in [1.54, 1.807) is 0 Å². The van der Waals surface area contributed by atoms with Crippen LogP contribution in [-0.4, -0.2) is 9.78 Å². The monoisotopic (exact) mass is 178 g/mol. The van der Waals surface area contributed by atoms with Crippen molar-refractivity contribution in [1.29, 1.82) is 0 Å². The van der Waals surface area contributed by atoms with E-state index in [1.165, 1.54) is 38.5 Å². The number of aromatic nitrogens is 2. The Kier molecular flexibility index (Phi) is 2.38. The quantitative estimate of drug-likeness (QED) is 0.680. The van der Waals surface area contributed by atoms with Gasteiger partial charge in [0.25, 0.3) is 0 Å². The summed E-state index contributed by atoms with van der Waals surface area (Å²) in [6.45, 7) is 2.28. The highest BCUT2D eigenvalue weighted by Crippen LogP contribution is 2.36. The lowest BCUT2D eigenvalue weighted by atomic mass is 9.80. The first-order valence-corrected chi connectivity index (χ1v) is 5.37. The van der Waals surface area contributed by atoms with Gasteiger partial charge in [0, 0.05) is 12.4 Å². The number of rotatable bonds is 2. The maximum Gasteiger partial charge on any atom is 0.0625 e. The molecule has 13 heavy (non-hydrogen) atoms. The van der Waals surface area contributed by atoms with Gasteiger partial charge in [0.2, 0.25) is 0 Å². The first-order chi connectivity index (χ1) is 6.37. The zero-order chi connectivity index (χ0) is 9.15. The van der Waals surface area contributed by atoms with Gasteiger partial charge in [0.15, 0.2) is 0 Å². The molecule has 0 N–H and O–H groups in total. The minimum Gasteiger partial charge on any atom is -0.267 e. The molecule has 1 aliphatic rings. The van der Waals surface area contributed by atoms with Crippen molar-refractivity contribution in [2.24, 2.45) is 0 Å². The molecule has 2 heteroatoms. The summed E-state index contributed by atoms with van der Waals surface area (Å²) in [5.41, 5.74) is 0.349. The molecule has 0 saturated heterocycles. The molecule has 1 heterocycles. The minimum absolute atomic E-state index is 0.349. The van der Waals surface area contributed by atoms with E-state index in [-0.39, 0.29) is 0 Å². The van der Waals surface area contributed by atoms with Crippen molar-refractivity contribution in [3.63, 3.8) is 0 Å². The summed E-state index contributed by atoms with van der Waals surface area (Å²) in [6.07, 6.45) is 12.0. The van der Waals surface area contributed by atoms with Gasteiger partial charge in [-0.05, 0) is 25.3 Å². The highest BCUT2D eigenvalue weighted by molar-refractivity contribution is 4.91. The Morgan fingerprint density at radius 3 is 2.62 bits per heavy atom. The predicted octanol–water partition coefficient (Wildman–Crippen LogP) is 2.95. The number of hydrogen-bond donors (Lipinski definition) is 0. The zero-order valence-electron chi connectivity index (χ0n) is 8.37. The van der Waals surface area contributed by atoms with Gasteiger partial charge in [-0.1, -0.05) is 26.2 Å².